The Morgan fingerprint density at radius 3 is 2.35 bits per heavy atom. The number of halogens is 1. The van der Waals surface area contributed by atoms with E-state index in [9.17, 15) is 13.2 Å². The molecule has 0 radical (unpaired) electrons. The second-order valence-corrected chi connectivity index (χ2v) is 11.0. The molecule has 7 heteroatoms. The number of hydrogen-bond acceptors (Lipinski definition) is 3. The number of amides is 1. The highest BCUT2D eigenvalue weighted by atomic mass is 35.5. The monoisotopic (exact) mass is 496 g/mol. The molecule has 0 aromatic heterocycles. The smallest absolute Gasteiger partial charge is 0.263 e. The summed E-state index contributed by atoms with van der Waals surface area (Å²) < 4.78 is 28.7. The highest BCUT2D eigenvalue weighted by Crippen LogP contribution is 2.28. The van der Waals surface area contributed by atoms with E-state index < -0.39 is 10.0 Å². The number of sulfonamides is 1. The van der Waals surface area contributed by atoms with Crippen molar-refractivity contribution in [2.24, 2.45) is 5.92 Å². The summed E-state index contributed by atoms with van der Waals surface area (Å²) in [7, 11) is -3.96. The van der Waals surface area contributed by atoms with Crippen LogP contribution in [0, 0.1) is 19.8 Å². The van der Waals surface area contributed by atoms with Gasteiger partial charge in [0.25, 0.3) is 15.9 Å². The first-order chi connectivity index (χ1) is 16.2. The lowest BCUT2D eigenvalue weighted by Crippen LogP contribution is -2.39. The van der Waals surface area contributed by atoms with E-state index >= 15 is 0 Å². The summed E-state index contributed by atoms with van der Waals surface area (Å²) in [5.41, 5.74) is 4.14. The summed E-state index contributed by atoms with van der Waals surface area (Å²) in [6.45, 7) is 5.19. The number of nitrogens with zero attached hydrogens (tertiary/aromatic N) is 1. The number of nitrogens with one attached hydrogen (secondary N) is 1. The molecule has 1 N–H and O–H groups in total. The van der Waals surface area contributed by atoms with E-state index in [0.29, 0.717) is 30.3 Å². The number of benzene rings is 3. The molecule has 178 valence electrons. The first-order valence-electron chi connectivity index (χ1n) is 11.5. The molecule has 34 heavy (non-hydrogen) atoms. The first-order valence-corrected chi connectivity index (χ1v) is 13.3. The average Bonchev–Trinajstić information content (AvgIpc) is 2.82. The second kappa shape index (κ2) is 10.2. The fourth-order valence-corrected chi connectivity index (χ4v) is 5.90. The molecule has 0 bridgehead atoms. The lowest BCUT2D eigenvalue weighted by molar-refractivity contribution is 0.0690. The van der Waals surface area contributed by atoms with E-state index in [1.165, 1.54) is 17.7 Å². The number of likely N-dealkylation sites (tertiary alicyclic amines) is 1. The third-order valence-corrected chi connectivity index (χ3v) is 8.36. The van der Waals surface area contributed by atoms with E-state index in [1.807, 2.05) is 26.0 Å². The van der Waals surface area contributed by atoms with Crippen molar-refractivity contribution in [2.75, 3.05) is 17.8 Å². The van der Waals surface area contributed by atoms with Crippen molar-refractivity contribution in [3.63, 3.8) is 0 Å². The predicted molar refractivity (Wildman–Crippen MR) is 137 cm³/mol. The third-order valence-electron chi connectivity index (χ3n) is 6.50. The zero-order chi connectivity index (χ0) is 24.3. The molecule has 5 nitrogen and oxygen atoms in total. The first kappa shape index (κ1) is 24.3. The third kappa shape index (κ3) is 5.62. The molecule has 0 unspecified atom stereocenters. The molecule has 1 aliphatic rings. The van der Waals surface area contributed by atoms with Crippen molar-refractivity contribution >= 4 is 33.2 Å². The summed E-state index contributed by atoms with van der Waals surface area (Å²) in [5.74, 6) is 0.368. The van der Waals surface area contributed by atoms with Crippen molar-refractivity contribution in [3.8, 4) is 0 Å². The Kier molecular flexibility index (Phi) is 7.29. The minimum Gasteiger partial charge on any atom is -0.339 e. The Labute approximate surface area is 206 Å². The van der Waals surface area contributed by atoms with Crippen LogP contribution in [0.3, 0.4) is 0 Å². The highest BCUT2D eigenvalue weighted by molar-refractivity contribution is 7.92. The van der Waals surface area contributed by atoms with Crippen LogP contribution in [0.4, 0.5) is 5.69 Å². The second-order valence-electron chi connectivity index (χ2n) is 8.98. The van der Waals surface area contributed by atoms with Gasteiger partial charge in [0.05, 0.1) is 5.02 Å². The van der Waals surface area contributed by atoms with E-state index in [4.69, 9.17) is 11.6 Å². The quantitative estimate of drug-likeness (QED) is 0.465. The number of rotatable bonds is 6. The zero-order valence-electron chi connectivity index (χ0n) is 19.4. The van der Waals surface area contributed by atoms with Gasteiger partial charge in [-0.1, -0.05) is 48.0 Å². The number of aryl methyl sites for hydroxylation is 2. The Bertz CT molecular complexity index is 1280. The van der Waals surface area contributed by atoms with Crippen LogP contribution in [0.15, 0.2) is 71.6 Å². The SMILES string of the molecule is Cc1ccc(NS(=O)(=O)c2cc(C(=O)N3CCC(Cc4ccccc4)CC3)ccc2Cl)cc1C. The Morgan fingerprint density at radius 2 is 1.68 bits per heavy atom. The lowest BCUT2D eigenvalue weighted by atomic mass is 9.90. The maximum Gasteiger partial charge on any atom is 0.263 e. The van der Waals surface area contributed by atoms with Crippen LogP contribution in [0.2, 0.25) is 5.02 Å². The predicted octanol–water partition coefficient (Wildman–Crippen LogP) is 5.85. The van der Waals surface area contributed by atoms with Gasteiger partial charge in [0, 0.05) is 24.3 Å². The molecule has 0 atom stereocenters. The van der Waals surface area contributed by atoms with Crippen LogP contribution in [0.25, 0.3) is 0 Å². The van der Waals surface area contributed by atoms with Gasteiger partial charge in [0.15, 0.2) is 0 Å². The van der Waals surface area contributed by atoms with Crippen molar-refractivity contribution in [1.82, 2.24) is 4.90 Å². The summed E-state index contributed by atoms with van der Waals surface area (Å²) in [5, 5.41) is 0.0782. The van der Waals surface area contributed by atoms with Gasteiger partial charge < -0.3 is 4.90 Å². The highest BCUT2D eigenvalue weighted by Gasteiger charge is 2.26. The van der Waals surface area contributed by atoms with Gasteiger partial charge in [-0.2, -0.15) is 0 Å². The Morgan fingerprint density at radius 1 is 0.971 bits per heavy atom. The minimum absolute atomic E-state index is 0.0782. The summed E-state index contributed by atoms with van der Waals surface area (Å²) in [6, 6.07) is 20.2. The molecule has 0 aliphatic carbocycles. The topological polar surface area (TPSA) is 66.5 Å². The van der Waals surface area contributed by atoms with Crippen molar-refractivity contribution < 1.29 is 13.2 Å². The van der Waals surface area contributed by atoms with Gasteiger partial charge in [-0.05, 0) is 86.1 Å². The van der Waals surface area contributed by atoms with Crippen LogP contribution in [0.5, 0.6) is 0 Å². The number of carbonyl (C=O) groups is 1. The van der Waals surface area contributed by atoms with Gasteiger partial charge in [-0.3, -0.25) is 9.52 Å². The molecule has 0 spiro atoms. The Balaban J connectivity index is 1.46. The van der Waals surface area contributed by atoms with Gasteiger partial charge in [0.1, 0.15) is 4.90 Å². The van der Waals surface area contributed by atoms with Crippen LogP contribution in [-0.2, 0) is 16.4 Å². The van der Waals surface area contributed by atoms with E-state index in [0.717, 1.165) is 30.4 Å². The normalized spacial score (nSPS) is 14.7. The number of anilines is 1. The Hall–Kier alpha value is -2.83. The summed E-state index contributed by atoms with van der Waals surface area (Å²) in [6.07, 6.45) is 2.86. The molecule has 1 heterocycles. The maximum atomic E-state index is 13.2. The molecule has 3 aromatic rings. The molecule has 0 saturated carbocycles. The molecular weight excluding hydrogens is 468 g/mol. The minimum atomic E-state index is -3.96. The number of piperidine rings is 1. The van der Waals surface area contributed by atoms with E-state index in [-0.39, 0.29) is 15.8 Å². The maximum absolute atomic E-state index is 13.2. The molecule has 4 rings (SSSR count). The van der Waals surface area contributed by atoms with Crippen LogP contribution >= 0.6 is 11.6 Å². The summed E-state index contributed by atoms with van der Waals surface area (Å²) >= 11 is 6.25. The largest absolute Gasteiger partial charge is 0.339 e. The van der Waals surface area contributed by atoms with Gasteiger partial charge >= 0.3 is 0 Å². The summed E-state index contributed by atoms with van der Waals surface area (Å²) in [4.78, 5) is 14.9. The van der Waals surface area contributed by atoms with Crippen molar-refractivity contribution in [3.05, 3.63) is 94.0 Å². The van der Waals surface area contributed by atoms with Crippen LogP contribution in [0.1, 0.15) is 39.9 Å². The molecule has 1 fully saturated rings. The van der Waals surface area contributed by atoms with Gasteiger partial charge in [-0.25, -0.2) is 8.42 Å². The standard InChI is InChI=1S/C27H29ClN2O3S/c1-19-8-10-24(16-20(19)2)29-34(32,33)26-18-23(9-11-25(26)28)27(31)30-14-12-22(13-15-30)17-21-6-4-3-5-7-21/h3-11,16,18,22,29H,12-15,17H2,1-2H3. The number of carbonyl (C=O) groups excluding carboxylic acids is 1. The molecule has 3 aromatic carbocycles. The van der Waals surface area contributed by atoms with Crippen LogP contribution in [-0.4, -0.2) is 32.3 Å². The molecular formula is C27H29ClN2O3S. The fourth-order valence-electron chi connectivity index (χ4n) is 4.33. The van der Waals surface area contributed by atoms with Crippen molar-refractivity contribution in [2.45, 2.75) is 38.0 Å². The molecule has 1 saturated heterocycles. The van der Waals surface area contributed by atoms with Gasteiger partial charge in [0.2, 0.25) is 0 Å². The zero-order valence-corrected chi connectivity index (χ0v) is 21.0. The molecule has 1 aliphatic heterocycles. The average molecular weight is 497 g/mol. The number of hydrogen-bond donors (Lipinski definition) is 1. The van der Waals surface area contributed by atoms with Crippen LogP contribution < -0.4 is 4.72 Å². The van der Waals surface area contributed by atoms with Gasteiger partial charge in [-0.15, -0.1) is 0 Å². The van der Waals surface area contributed by atoms with E-state index in [1.54, 1.807) is 23.1 Å². The van der Waals surface area contributed by atoms with E-state index in [2.05, 4.69) is 29.0 Å². The molecule has 1 amide bonds. The van der Waals surface area contributed by atoms with Crippen molar-refractivity contribution in [1.29, 1.82) is 0 Å². The lowest BCUT2D eigenvalue weighted by Gasteiger charge is -2.32. The fraction of sp³-hybridized carbons (Fsp3) is 0.296.